The van der Waals surface area contributed by atoms with Gasteiger partial charge in [0, 0.05) is 12.1 Å². The van der Waals surface area contributed by atoms with E-state index in [-0.39, 0.29) is 11.5 Å². The quantitative estimate of drug-likeness (QED) is 0.480. The predicted octanol–water partition coefficient (Wildman–Crippen LogP) is 6.18. The largest absolute Gasteiger partial charge is 0.530 e. The molecule has 0 heterocycles. The molecule has 0 aromatic heterocycles. The molecule has 0 aliphatic rings. The van der Waals surface area contributed by atoms with Crippen molar-refractivity contribution in [3.63, 3.8) is 0 Å². The van der Waals surface area contributed by atoms with Crippen LogP contribution in [0.25, 0.3) is 0 Å². The van der Waals surface area contributed by atoms with Gasteiger partial charge in [-0.05, 0) is 42.8 Å². The van der Waals surface area contributed by atoms with Gasteiger partial charge in [0.2, 0.25) is 0 Å². The van der Waals surface area contributed by atoms with Crippen molar-refractivity contribution in [3.8, 4) is 17.2 Å². The zero-order valence-corrected chi connectivity index (χ0v) is 14.6. The molecule has 3 aromatic carbocycles. The van der Waals surface area contributed by atoms with E-state index in [1.54, 1.807) is 43.3 Å². The maximum atomic E-state index is 13.7. The summed E-state index contributed by atoms with van der Waals surface area (Å²) in [6.45, 7) is 1.63. The molecule has 7 heteroatoms. The van der Waals surface area contributed by atoms with Crippen LogP contribution in [0, 0.1) is 24.4 Å². The second-order valence-corrected chi connectivity index (χ2v) is 6.29. The summed E-state index contributed by atoms with van der Waals surface area (Å²) < 4.78 is 57.0. The van der Waals surface area contributed by atoms with Crippen molar-refractivity contribution in [3.05, 3.63) is 89.7 Å². The minimum absolute atomic E-state index is 0.0264. The Morgan fingerprint density at radius 1 is 0.615 bits per heavy atom. The van der Waals surface area contributed by atoms with Crippen LogP contribution < -0.4 is 13.6 Å². The maximum absolute atomic E-state index is 13.7. The fourth-order valence-electron chi connectivity index (χ4n) is 1.96. The van der Waals surface area contributed by atoms with Crippen LogP contribution in [0.15, 0.2) is 66.7 Å². The standard InChI is InChI=1S/C19H14F3O3P/c1-13-7-8-15(11-18(13)21)24-26(23-14-5-3-2-4-6-14)25-16-9-10-17(20)19(22)12-16/h2-12H,1H3. The van der Waals surface area contributed by atoms with Crippen LogP contribution in [0.4, 0.5) is 13.2 Å². The van der Waals surface area contributed by atoms with Crippen LogP contribution in [0.3, 0.4) is 0 Å². The summed E-state index contributed by atoms with van der Waals surface area (Å²) in [6, 6.07) is 16.1. The van der Waals surface area contributed by atoms with Crippen LogP contribution in [0.2, 0.25) is 0 Å². The van der Waals surface area contributed by atoms with Crippen molar-refractivity contribution in [2.75, 3.05) is 0 Å². The van der Waals surface area contributed by atoms with Crippen molar-refractivity contribution in [1.29, 1.82) is 0 Å². The molecule has 0 saturated heterocycles. The molecule has 0 radical (unpaired) electrons. The molecule has 0 bridgehead atoms. The molecule has 3 rings (SSSR count). The van der Waals surface area contributed by atoms with E-state index in [0.29, 0.717) is 11.3 Å². The SMILES string of the molecule is Cc1ccc(OP(Oc2ccccc2)Oc2ccc(F)c(F)c2)cc1F. The third-order valence-electron chi connectivity index (χ3n) is 3.32. The van der Waals surface area contributed by atoms with Crippen molar-refractivity contribution < 1.29 is 26.7 Å². The molecule has 3 nitrogen and oxygen atoms in total. The van der Waals surface area contributed by atoms with Gasteiger partial charge in [-0.1, -0.05) is 24.3 Å². The van der Waals surface area contributed by atoms with Gasteiger partial charge in [0.05, 0.1) is 0 Å². The zero-order valence-electron chi connectivity index (χ0n) is 13.7. The Morgan fingerprint density at radius 2 is 1.19 bits per heavy atom. The summed E-state index contributed by atoms with van der Waals surface area (Å²) in [5.74, 6) is -1.82. The summed E-state index contributed by atoms with van der Waals surface area (Å²) in [4.78, 5) is 0. The van der Waals surface area contributed by atoms with Crippen LogP contribution in [0.1, 0.15) is 5.56 Å². The monoisotopic (exact) mass is 378 g/mol. The number of halogens is 3. The average Bonchev–Trinajstić information content (AvgIpc) is 2.62. The first kappa shape index (κ1) is 18.1. The summed E-state index contributed by atoms with van der Waals surface area (Å²) in [5, 5.41) is 0. The Kier molecular flexibility index (Phi) is 5.64. The number of para-hydroxylation sites is 1. The Bertz CT molecular complexity index is 837. The number of benzene rings is 3. The smallest absolute Gasteiger partial charge is 0.409 e. The van der Waals surface area contributed by atoms with E-state index in [9.17, 15) is 13.2 Å². The number of rotatable bonds is 6. The first-order valence-corrected chi connectivity index (χ1v) is 8.71. The van der Waals surface area contributed by atoms with E-state index in [1.807, 2.05) is 6.07 Å². The molecule has 0 aliphatic carbocycles. The lowest BCUT2D eigenvalue weighted by Gasteiger charge is -2.18. The van der Waals surface area contributed by atoms with E-state index < -0.39 is 26.1 Å². The lowest BCUT2D eigenvalue weighted by molar-refractivity contribution is 0.384. The van der Waals surface area contributed by atoms with Crippen LogP contribution in [-0.4, -0.2) is 0 Å². The first-order valence-electron chi connectivity index (χ1n) is 7.61. The summed E-state index contributed by atoms with van der Waals surface area (Å²) in [6.07, 6.45) is 0. The molecule has 0 aliphatic heterocycles. The number of aryl methyl sites for hydroxylation is 1. The molecule has 0 N–H and O–H groups in total. The normalized spacial score (nSPS) is 11.7. The Balaban J connectivity index is 1.82. The molecule has 3 aromatic rings. The number of hydrogen-bond acceptors (Lipinski definition) is 3. The second-order valence-electron chi connectivity index (χ2n) is 5.30. The highest BCUT2D eigenvalue weighted by Gasteiger charge is 2.21. The molecule has 26 heavy (non-hydrogen) atoms. The third-order valence-corrected chi connectivity index (χ3v) is 4.40. The Hall–Kier alpha value is -2.72. The Morgan fingerprint density at radius 3 is 1.81 bits per heavy atom. The zero-order chi connectivity index (χ0) is 18.5. The van der Waals surface area contributed by atoms with Gasteiger partial charge >= 0.3 is 8.60 Å². The third kappa shape index (κ3) is 4.67. The van der Waals surface area contributed by atoms with Crippen LogP contribution in [0.5, 0.6) is 17.2 Å². The topological polar surface area (TPSA) is 27.7 Å². The molecule has 1 unspecified atom stereocenters. The molecular formula is C19H14F3O3P. The average molecular weight is 378 g/mol. The van der Waals surface area contributed by atoms with Gasteiger partial charge in [0.25, 0.3) is 0 Å². The second kappa shape index (κ2) is 8.11. The molecule has 134 valence electrons. The van der Waals surface area contributed by atoms with E-state index in [0.717, 1.165) is 12.1 Å². The van der Waals surface area contributed by atoms with E-state index in [2.05, 4.69) is 0 Å². The summed E-state index contributed by atoms with van der Waals surface area (Å²) in [7, 11) is -2.09. The maximum Gasteiger partial charge on any atom is 0.530 e. The molecule has 0 saturated carbocycles. The predicted molar refractivity (Wildman–Crippen MR) is 92.7 cm³/mol. The van der Waals surface area contributed by atoms with Gasteiger partial charge in [0.1, 0.15) is 23.1 Å². The lowest BCUT2D eigenvalue weighted by atomic mass is 10.2. The summed E-state index contributed by atoms with van der Waals surface area (Å²) >= 11 is 0. The van der Waals surface area contributed by atoms with Crippen molar-refractivity contribution in [2.24, 2.45) is 0 Å². The fraction of sp³-hybridized carbons (Fsp3) is 0.0526. The minimum Gasteiger partial charge on any atom is -0.409 e. The Labute approximate surface area is 150 Å². The fourth-order valence-corrected chi connectivity index (χ4v) is 2.94. The van der Waals surface area contributed by atoms with Crippen LogP contribution >= 0.6 is 8.60 Å². The van der Waals surface area contributed by atoms with Crippen molar-refractivity contribution in [1.82, 2.24) is 0 Å². The van der Waals surface area contributed by atoms with Crippen molar-refractivity contribution in [2.45, 2.75) is 6.92 Å². The minimum atomic E-state index is -2.09. The summed E-state index contributed by atoms with van der Waals surface area (Å²) in [5.41, 5.74) is 0.465. The van der Waals surface area contributed by atoms with Crippen molar-refractivity contribution >= 4 is 8.60 Å². The highest BCUT2D eigenvalue weighted by atomic mass is 31.2. The van der Waals surface area contributed by atoms with Gasteiger partial charge < -0.3 is 13.6 Å². The molecular weight excluding hydrogens is 364 g/mol. The molecule has 0 fully saturated rings. The van der Waals surface area contributed by atoms with Gasteiger partial charge in [0.15, 0.2) is 11.6 Å². The molecule has 0 spiro atoms. The molecule has 0 amide bonds. The molecule has 1 atom stereocenters. The highest BCUT2D eigenvalue weighted by molar-refractivity contribution is 7.43. The first-order chi connectivity index (χ1) is 12.5. The van der Waals surface area contributed by atoms with Gasteiger partial charge in [-0.25, -0.2) is 13.2 Å². The van der Waals surface area contributed by atoms with Gasteiger partial charge in [-0.15, -0.1) is 0 Å². The van der Waals surface area contributed by atoms with E-state index in [1.165, 1.54) is 12.1 Å². The lowest BCUT2D eigenvalue weighted by Crippen LogP contribution is -2.03. The van der Waals surface area contributed by atoms with E-state index in [4.69, 9.17) is 13.6 Å². The van der Waals surface area contributed by atoms with E-state index >= 15 is 0 Å². The highest BCUT2D eigenvalue weighted by Crippen LogP contribution is 2.42. The van der Waals surface area contributed by atoms with Gasteiger partial charge in [-0.2, -0.15) is 0 Å². The number of hydrogen-bond donors (Lipinski definition) is 0. The van der Waals surface area contributed by atoms with Gasteiger partial charge in [-0.3, -0.25) is 0 Å². The van der Waals surface area contributed by atoms with Crippen LogP contribution in [-0.2, 0) is 0 Å².